The highest BCUT2D eigenvalue weighted by Crippen LogP contribution is 2.48. The van der Waals surface area contributed by atoms with Gasteiger partial charge in [-0.1, -0.05) is 47.5 Å². The van der Waals surface area contributed by atoms with Gasteiger partial charge < -0.3 is 19.9 Å². The molecule has 2 aliphatic rings. The molecule has 3 aromatic carbocycles. The highest BCUT2D eigenvalue weighted by Gasteiger charge is 2.58. The molecule has 1 saturated heterocycles. The topological polar surface area (TPSA) is 119 Å². The predicted molar refractivity (Wildman–Crippen MR) is 133 cm³/mol. The van der Waals surface area contributed by atoms with Crippen LogP contribution in [0.1, 0.15) is 44.9 Å². The average Bonchev–Trinajstić information content (AvgIpc) is 3.03. The maximum Gasteiger partial charge on any atom is 0.357 e. The van der Waals surface area contributed by atoms with Crippen LogP contribution in [0.25, 0.3) is 0 Å². The molecule has 0 radical (unpaired) electrons. The summed E-state index contributed by atoms with van der Waals surface area (Å²) in [5, 5.41) is 14.5. The summed E-state index contributed by atoms with van der Waals surface area (Å²) in [5.41, 5.74) is 0.989. The Hall–Kier alpha value is -3.56. The number of nitrogens with one attached hydrogen (secondary N) is 1. The second-order valence-corrected chi connectivity index (χ2v) is 9.57. The van der Waals surface area contributed by atoms with Crippen molar-refractivity contribution >= 4 is 52.3 Å². The summed E-state index contributed by atoms with van der Waals surface area (Å²) in [4.78, 5) is 52.2. The quantitative estimate of drug-likeness (QED) is 0.280. The normalized spacial score (nSPS) is 24.5. The molecule has 37 heavy (non-hydrogen) atoms. The molecule has 188 valence electrons. The lowest BCUT2D eigenvalue weighted by atomic mass is 9.78. The summed E-state index contributed by atoms with van der Waals surface area (Å²) in [6.45, 7) is 1.41. The van der Waals surface area contributed by atoms with E-state index in [1.54, 1.807) is 12.1 Å². The van der Waals surface area contributed by atoms with Crippen molar-refractivity contribution in [2.45, 2.75) is 19.0 Å². The molecule has 2 bridgehead atoms. The van der Waals surface area contributed by atoms with Gasteiger partial charge in [-0.25, -0.2) is 0 Å². The third-order valence-corrected chi connectivity index (χ3v) is 7.15. The van der Waals surface area contributed by atoms with Gasteiger partial charge in [-0.05, 0) is 55.0 Å². The van der Waals surface area contributed by atoms with Crippen molar-refractivity contribution in [3.05, 3.63) is 99.0 Å². The fourth-order valence-corrected chi connectivity index (χ4v) is 4.89. The highest BCUT2D eigenvalue weighted by atomic mass is 35.5. The molecule has 2 heterocycles. The summed E-state index contributed by atoms with van der Waals surface area (Å²) in [6.07, 6.45) is -1.34. The van der Waals surface area contributed by atoms with Crippen molar-refractivity contribution in [1.82, 2.24) is 0 Å². The molecule has 3 aromatic rings. The number of aliphatic hydroxyl groups is 1. The van der Waals surface area contributed by atoms with E-state index >= 15 is 0 Å². The van der Waals surface area contributed by atoms with Crippen LogP contribution in [0.2, 0.25) is 10.0 Å². The molecule has 0 aliphatic carbocycles. The van der Waals surface area contributed by atoms with Crippen molar-refractivity contribution in [3.63, 3.8) is 0 Å². The van der Waals surface area contributed by atoms with Gasteiger partial charge in [0, 0.05) is 16.8 Å². The lowest BCUT2D eigenvalue weighted by molar-refractivity contribution is -0.366. The third-order valence-electron chi connectivity index (χ3n) is 6.41. The van der Waals surface area contributed by atoms with Gasteiger partial charge in [-0.2, -0.15) is 0 Å². The molecule has 1 fully saturated rings. The minimum Gasteiger partial charge on any atom is -0.403 e. The first-order valence-corrected chi connectivity index (χ1v) is 12.0. The fourth-order valence-electron chi connectivity index (χ4n) is 4.59. The van der Waals surface area contributed by atoms with E-state index in [1.807, 2.05) is 0 Å². The zero-order valence-electron chi connectivity index (χ0n) is 19.2. The summed E-state index contributed by atoms with van der Waals surface area (Å²) >= 11 is 12.3. The second-order valence-electron chi connectivity index (χ2n) is 8.75. The van der Waals surface area contributed by atoms with Crippen molar-refractivity contribution in [1.29, 1.82) is 0 Å². The van der Waals surface area contributed by atoms with Crippen LogP contribution < -0.4 is 5.32 Å². The number of halogens is 2. The molecular weight excluding hydrogens is 521 g/mol. The number of amides is 1. The molecule has 8 nitrogen and oxygen atoms in total. The summed E-state index contributed by atoms with van der Waals surface area (Å²) in [7, 11) is 0. The molecule has 2 aliphatic heterocycles. The number of Topliss-reactive ketones (excluding diaryl/α,β-unsaturated/α-hetero) is 2. The van der Waals surface area contributed by atoms with E-state index in [0.29, 0.717) is 11.3 Å². The van der Waals surface area contributed by atoms with Gasteiger partial charge in [-0.3, -0.25) is 19.2 Å². The predicted octanol–water partition coefficient (Wildman–Crippen LogP) is 4.68. The SMILES string of the molecule is CC(=O)c1ccc(NC(=O)C2C3C(=O)OC(O)(OC2c2ccc(Cl)c(Cl)c2)c2ccccc2C3=O)cc1. The van der Waals surface area contributed by atoms with Crippen LogP contribution in [0.4, 0.5) is 5.69 Å². The smallest absolute Gasteiger partial charge is 0.357 e. The van der Waals surface area contributed by atoms with Crippen molar-refractivity contribution in [3.8, 4) is 0 Å². The Morgan fingerprint density at radius 2 is 1.68 bits per heavy atom. The third kappa shape index (κ3) is 4.42. The Morgan fingerprint density at radius 1 is 0.973 bits per heavy atom. The van der Waals surface area contributed by atoms with Crippen LogP contribution in [0.3, 0.4) is 0 Å². The van der Waals surface area contributed by atoms with E-state index < -0.39 is 41.6 Å². The first-order chi connectivity index (χ1) is 17.6. The molecule has 0 aromatic heterocycles. The molecule has 5 rings (SSSR count). The Kier molecular flexibility index (Phi) is 6.37. The van der Waals surface area contributed by atoms with Crippen molar-refractivity contribution < 1.29 is 33.8 Å². The Morgan fingerprint density at radius 3 is 2.35 bits per heavy atom. The first kappa shape index (κ1) is 25.1. The van der Waals surface area contributed by atoms with Crippen LogP contribution in [0.15, 0.2) is 66.7 Å². The largest absolute Gasteiger partial charge is 0.403 e. The van der Waals surface area contributed by atoms with E-state index in [2.05, 4.69) is 5.32 Å². The Bertz CT molecular complexity index is 1460. The average molecular weight is 540 g/mol. The maximum atomic E-state index is 13.7. The van der Waals surface area contributed by atoms with Gasteiger partial charge in [0.15, 0.2) is 11.6 Å². The minimum atomic E-state index is -2.65. The molecule has 2 N–H and O–H groups in total. The number of carbonyl (C=O) groups is 4. The fraction of sp³-hybridized carbons (Fsp3) is 0.185. The number of rotatable bonds is 4. The van der Waals surface area contributed by atoms with E-state index in [9.17, 15) is 24.3 Å². The standard InChI is InChI=1S/C27H19Cl2NO7/c1-13(31)14-6-9-16(10-7-14)30-25(33)22-21-23(32)17-4-2-3-5-18(17)27(35,37-26(21)34)36-24(22)15-8-11-19(28)20(29)12-15/h2-12,21-22,24,35H,1H3,(H,30,33). The number of fused-ring (bicyclic) bond motifs is 5. The second kappa shape index (κ2) is 9.39. The zero-order valence-corrected chi connectivity index (χ0v) is 20.7. The number of benzene rings is 3. The maximum absolute atomic E-state index is 13.7. The van der Waals surface area contributed by atoms with Crippen molar-refractivity contribution in [2.75, 3.05) is 5.32 Å². The van der Waals surface area contributed by atoms with Gasteiger partial charge in [0.05, 0.1) is 21.5 Å². The minimum absolute atomic E-state index is 0.00273. The summed E-state index contributed by atoms with van der Waals surface area (Å²) in [5.74, 6) is -8.46. The zero-order chi connectivity index (χ0) is 26.5. The van der Waals surface area contributed by atoms with Gasteiger partial charge in [0.25, 0.3) is 0 Å². The lowest BCUT2D eigenvalue weighted by Crippen LogP contribution is -2.42. The van der Waals surface area contributed by atoms with E-state index in [-0.39, 0.29) is 32.5 Å². The number of hydrogen-bond acceptors (Lipinski definition) is 7. The number of ether oxygens (including phenoxy) is 2. The van der Waals surface area contributed by atoms with Gasteiger partial charge in [0.1, 0.15) is 12.0 Å². The van der Waals surface area contributed by atoms with E-state index in [4.69, 9.17) is 32.7 Å². The molecule has 10 heteroatoms. The lowest BCUT2D eigenvalue weighted by Gasteiger charge is -2.34. The molecule has 4 atom stereocenters. The van der Waals surface area contributed by atoms with E-state index in [0.717, 1.165) is 0 Å². The summed E-state index contributed by atoms with van der Waals surface area (Å²) in [6, 6.07) is 16.5. The molecule has 0 spiro atoms. The van der Waals surface area contributed by atoms with Gasteiger partial charge >= 0.3 is 11.9 Å². The number of hydrogen-bond donors (Lipinski definition) is 2. The molecule has 4 unspecified atom stereocenters. The molecule has 1 amide bonds. The number of anilines is 1. The van der Waals surface area contributed by atoms with Crippen LogP contribution in [0.5, 0.6) is 0 Å². The van der Waals surface area contributed by atoms with Crippen molar-refractivity contribution in [2.24, 2.45) is 11.8 Å². The number of esters is 1. The number of carbonyl (C=O) groups excluding carboxylic acids is 4. The Labute approximate surface area is 221 Å². The highest BCUT2D eigenvalue weighted by molar-refractivity contribution is 6.42. The Balaban J connectivity index is 1.64. The molecular formula is C27H19Cl2NO7. The molecule has 0 saturated carbocycles. The van der Waals surface area contributed by atoms with Crippen LogP contribution in [0, 0.1) is 11.8 Å². The van der Waals surface area contributed by atoms with Crippen LogP contribution >= 0.6 is 23.2 Å². The van der Waals surface area contributed by atoms with Gasteiger partial charge in [-0.15, -0.1) is 0 Å². The van der Waals surface area contributed by atoms with Gasteiger partial charge in [0.2, 0.25) is 5.91 Å². The van der Waals surface area contributed by atoms with E-state index in [1.165, 1.54) is 61.5 Å². The monoisotopic (exact) mass is 539 g/mol. The first-order valence-electron chi connectivity index (χ1n) is 11.2. The van der Waals surface area contributed by atoms with Crippen LogP contribution in [-0.4, -0.2) is 28.5 Å². The van der Waals surface area contributed by atoms with Crippen LogP contribution in [-0.2, 0) is 25.0 Å². The number of ketones is 2. The summed E-state index contributed by atoms with van der Waals surface area (Å²) < 4.78 is 11.3.